The highest BCUT2D eigenvalue weighted by Crippen LogP contribution is 2.44. The number of hydrogen-bond donors (Lipinski definition) is 0. The number of rotatable bonds is 5. The van der Waals surface area contributed by atoms with Gasteiger partial charge >= 0.3 is 5.97 Å². The maximum absolute atomic E-state index is 11.8. The molecule has 1 aliphatic carbocycles. The lowest BCUT2D eigenvalue weighted by molar-refractivity contribution is 0.0511. The number of nitrogens with zero attached hydrogens (tertiary/aromatic N) is 3. The van der Waals surface area contributed by atoms with Gasteiger partial charge in [-0.2, -0.15) is 0 Å². The average molecular weight is 279 g/mol. The number of carbonyl (C=O) groups excluding carboxylic acids is 1. The van der Waals surface area contributed by atoms with Gasteiger partial charge in [0.1, 0.15) is 5.82 Å². The third-order valence-electron chi connectivity index (χ3n) is 4.06. The summed E-state index contributed by atoms with van der Waals surface area (Å²) in [6.07, 6.45) is 5.84. The van der Waals surface area contributed by atoms with Gasteiger partial charge in [-0.1, -0.05) is 26.7 Å². The Morgan fingerprint density at radius 2 is 2.05 bits per heavy atom. The van der Waals surface area contributed by atoms with Crippen molar-refractivity contribution in [2.75, 3.05) is 6.61 Å². The minimum Gasteiger partial charge on any atom is -0.460 e. The highest BCUT2D eigenvalue weighted by molar-refractivity contribution is 5.85. The molecular weight excluding hydrogens is 254 g/mol. The topological polar surface area (TPSA) is 57.0 Å². The van der Waals surface area contributed by atoms with Crippen LogP contribution in [0.4, 0.5) is 0 Å². The Hall–Kier alpha value is -1.39. The van der Waals surface area contributed by atoms with Gasteiger partial charge in [-0.3, -0.25) is 4.68 Å². The number of aryl methyl sites for hydroxylation is 1. The molecule has 0 aliphatic heterocycles. The van der Waals surface area contributed by atoms with Crippen molar-refractivity contribution >= 4 is 5.97 Å². The van der Waals surface area contributed by atoms with Crippen LogP contribution in [0.1, 0.15) is 69.3 Å². The summed E-state index contributed by atoms with van der Waals surface area (Å²) in [4.78, 5) is 16.3. The molecule has 1 saturated carbocycles. The molecule has 1 aromatic heterocycles. The van der Waals surface area contributed by atoms with Gasteiger partial charge in [0, 0.05) is 12.5 Å². The standard InChI is InChI=1S/C15H25N3O2/c1-5-20-13(19)12-16-14(18(4)17-12)15(10-11(2)3)8-6-7-9-15/h11H,5-10H2,1-4H3. The van der Waals surface area contributed by atoms with Gasteiger partial charge in [-0.15, -0.1) is 5.10 Å². The van der Waals surface area contributed by atoms with Crippen LogP contribution in [0, 0.1) is 5.92 Å². The van der Waals surface area contributed by atoms with E-state index < -0.39 is 5.97 Å². The lowest BCUT2D eigenvalue weighted by Gasteiger charge is -2.29. The van der Waals surface area contributed by atoms with E-state index in [1.165, 1.54) is 12.8 Å². The molecule has 1 aromatic rings. The summed E-state index contributed by atoms with van der Waals surface area (Å²) in [6.45, 7) is 6.62. The fraction of sp³-hybridized carbons (Fsp3) is 0.800. The summed E-state index contributed by atoms with van der Waals surface area (Å²) >= 11 is 0. The third kappa shape index (κ3) is 2.86. The lowest BCUT2D eigenvalue weighted by atomic mass is 9.78. The molecule has 20 heavy (non-hydrogen) atoms. The summed E-state index contributed by atoms with van der Waals surface area (Å²) in [6, 6.07) is 0. The molecule has 112 valence electrons. The van der Waals surface area contributed by atoms with E-state index in [1.807, 2.05) is 7.05 Å². The van der Waals surface area contributed by atoms with Crippen LogP contribution in [0.5, 0.6) is 0 Å². The Morgan fingerprint density at radius 1 is 1.40 bits per heavy atom. The number of esters is 1. The smallest absolute Gasteiger partial charge is 0.378 e. The second-order valence-electron chi connectivity index (χ2n) is 6.19. The van der Waals surface area contributed by atoms with Gasteiger partial charge in [-0.05, 0) is 32.1 Å². The second-order valence-corrected chi connectivity index (χ2v) is 6.19. The maximum Gasteiger partial charge on any atom is 0.378 e. The number of aromatic nitrogens is 3. The first-order chi connectivity index (χ1) is 9.48. The summed E-state index contributed by atoms with van der Waals surface area (Å²) in [5.74, 6) is 1.33. The van der Waals surface area contributed by atoms with Gasteiger partial charge in [0.25, 0.3) is 5.82 Å². The highest BCUT2D eigenvalue weighted by atomic mass is 16.5. The molecule has 0 unspecified atom stereocenters. The van der Waals surface area contributed by atoms with E-state index in [1.54, 1.807) is 11.6 Å². The molecule has 0 radical (unpaired) electrons. The SMILES string of the molecule is CCOC(=O)c1nc(C2(CC(C)C)CCCC2)n(C)n1. The van der Waals surface area contributed by atoms with E-state index in [0.29, 0.717) is 12.5 Å². The monoisotopic (exact) mass is 279 g/mol. The van der Waals surface area contributed by atoms with Crippen LogP contribution in [-0.2, 0) is 17.2 Å². The average Bonchev–Trinajstić information content (AvgIpc) is 2.96. The van der Waals surface area contributed by atoms with Crippen molar-refractivity contribution in [1.82, 2.24) is 14.8 Å². The Morgan fingerprint density at radius 3 is 2.60 bits per heavy atom. The van der Waals surface area contributed by atoms with Gasteiger partial charge in [0.05, 0.1) is 6.61 Å². The molecule has 5 heteroatoms. The Labute approximate surface area is 120 Å². The second kappa shape index (κ2) is 5.94. The van der Waals surface area contributed by atoms with E-state index in [-0.39, 0.29) is 11.2 Å². The van der Waals surface area contributed by atoms with Crippen LogP contribution in [0.15, 0.2) is 0 Å². The summed E-state index contributed by atoms with van der Waals surface area (Å²) < 4.78 is 6.77. The summed E-state index contributed by atoms with van der Waals surface area (Å²) in [5.41, 5.74) is 0.0840. The number of ether oxygens (including phenoxy) is 1. The molecule has 0 N–H and O–H groups in total. The molecule has 0 atom stereocenters. The van der Waals surface area contributed by atoms with Crippen LogP contribution >= 0.6 is 0 Å². The molecule has 0 amide bonds. The Balaban J connectivity index is 2.32. The quantitative estimate of drug-likeness (QED) is 0.778. The first-order valence-electron chi connectivity index (χ1n) is 7.57. The Bertz CT molecular complexity index is 473. The predicted octanol–water partition coefficient (Wildman–Crippen LogP) is 2.85. The summed E-state index contributed by atoms with van der Waals surface area (Å²) in [5, 5.41) is 4.26. The van der Waals surface area contributed by atoms with Crippen molar-refractivity contribution in [3.05, 3.63) is 11.6 Å². The minimum absolute atomic E-state index is 0.0840. The van der Waals surface area contributed by atoms with Crippen LogP contribution in [0.3, 0.4) is 0 Å². The molecule has 0 spiro atoms. The molecule has 0 bridgehead atoms. The normalized spacial score (nSPS) is 17.6. The van der Waals surface area contributed by atoms with Crippen molar-refractivity contribution in [3.8, 4) is 0 Å². The first kappa shape index (κ1) is 15.0. The van der Waals surface area contributed by atoms with Gasteiger partial charge in [0.2, 0.25) is 0 Å². The van der Waals surface area contributed by atoms with Crippen LogP contribution in [0.2, 0.25) is 0 Å². The lowest BCUT2D eigenvalue weighted by Crippen LogP contribution is -2.28. The zero-order chi connectivity index (χ0) is 14.8. The molecule has 0 aromatic carbocycles. The van der Waals surface area contributed by atoms with E-state index in [2.05, 4.69) is 23.9 Å². The molecule has 1 fully saturated rings. The van der Waals surface area contributed by atoms with E-state index in [4.69, 9.17) is 4.74 Å². The van der Waals surface area contributed by atoms with Gasteiger partial charge in [0.15, 0.2) is 0 Å². The first-order valence-corrected chi connectivity index (χ1v) is 7.57. The van der Waals surface area contributed by atoms with Crippen molar-refractivity contribution in [2.24, 2.45) is 13.0 Å². The van der Waals surface area contributed by atoms with Crippen molar-refractivity contribution in [3.63, 3.8) is 0 Å². The number of carbonyl (C=O) groups is 1. The van der Waals surface area contributed by atoms with E-state index in [0.717, 1.165) is 25.1 Å². The zero-order valence-corrected chi connectivity index (χ0v) is 13.0. The molecule has 5 nitrogen and oxygen atoms in total. The minimum atomic E-state index is -0.424. The van der Waals surface area contributed by atoms with Crippen LogP contribution in [0.25, 0.3) is 0 Å². The zero-order valence-electron chi connectivity index (χ0n) is 13.0. The van der Waals surface area contributed by atoms with Crippen molar-refractivity contribution in [2.45, 2.75) is 58.3 Å². The predicted molar refractivity (Wildman–Crippen MR) is 76.6 cm³/mol. The molecule has 0 saturated heterocycles. The fourth-order valence-electron chi connectivity index (χ4n) is 3.48. The third-order valence-corrected chi connectivity index (χ3v) is 4.06. The maximum atomic E-state index is 11.8. The molecule has 1 heterocycles. The van der Waals surface area contributed by atoms with Crippen LogP contribution < -0.4 is 0 Å². The summed E-state index contributed by atoms with van der Waals surface area (Å²) in [7, 11) is 1.88. The molecule has 2 rings (SSSR count). The van der Waals surface area contributed by atoms with Crippen molar-refractivity contribution in [1.29, 1.82) is 0 Å². The molecule has 1 aliphatic rings. The van der Waals surface area contributed by atoms with Crippen molar-refractivity contribution < 1.29 is 9.53 Å². The molecular formula is C15H25N3O2. The van der Waals surface area contributed by atoms with Gasteiger partial charge in [-0.25, -0.2) is 9.78 Å². The Kier molecular flexibility index (Phi) is 4.45. The number of hydrogen-bond acceptors (Lipinski definition) is 4. The highest BCUT2D eigenvalue weighted by Gasteiger charge is 2.40. The largest absolute Gasteiger partial charge is 0.460 e. The van der Waals surface area contributed by atoms with Gasteiger partial charge < -0.3 is 4.74 Å². The van der Waals surface area contributed by atoms with E-state index in [9.17, 15) is 4.79 Å². The fourth-order valence-corrected chi connectivity index (χ4v) is 3.48. The van der Waals surface area contributed by atoms with Crippen LogP contribution in [-0.4, -0.2) is 27.3 Å². The van der Waals surface area contributed by atoms with E-state index >= 15 is 0 Å².